The zero-order chi connectivity index (χ0) is 9.73. The maximum absolute atomic E-state index is 10.9. The minimum atomic E-state index is -3.25. The van der Waals surface area contributed by atoms with Gasteiger partial charge < -0.3 is 0 Å². The van der Waals surface area contributed by atoms with E-state index in [1.54, 1.807) is 0 Å². The van der Waals surface area contributed by atoms with Crippen LogP contribution in [0.15, 0.2) is 0 Å². The Morgan fingerprint density at radius 3 is 1.92 bits per heavy atom. The molecular weight excluding hydrogens is 186 g/mol. The molecule has 0 spiro atoms. The van der Waals surface area contributed by atoms with Crippen molar-refractivity contribution >= 4 is 10.0 Å². The van der Waals surface area contributed by atoms with Gasteiger partial charge in [-0.3, -0.25) is 0 Å². The SMILES string of the molecule is NS(=O)(=O)CC1CCCCCCC1. The maximum atomic E-state index is 10.9. The van der Waals surface area contributed by atoms with Crippen LogP contribution in [-0.2, 0) is 10.0 Å². The fourth-order valence-corrected chi connectivity index (χ4v) is 3.03. The third kappa shape index (κ3) is 5.26. The second-order valence-corrected chi connectivity index (χ2v) is 5.70. The Labute approximate surface area is 80.8 Å². The Balaban J connectivity index is 2.38. The smallest absolute Gasteiger partial charge is 0.209 e. The summed E-state index contributed by atoms with van der Waals surface area (Å²) >= 11 is 0. The molecule has 0 aromatic carbocycles. The normalized spacial score (nSPS) is 22.2. The average Bonchev–Trinajstić information content (AvgIpc) is 1.92. The fraction of sp³-hybridized carbons (Fsp3) is 1.00. The van der Waals surface area contributed by atoms with Crippen molar-refractivity contribution in [1.82, 2.24) is 0 Å². The van der Waals surface area contributed by atoms with Gasteiger partial charge >= 0.3 is 0 Å². The first-order chi connectivity index (χ1) is 6.08. The van der Waals surface area contributed by atoms with Crippen molar-refractivity contribution < 1.29 is 8.42 Å². The summed E-state index contributed by atoms with van der Waals surface area (Å²) in [5, 5.41) is 5.03. The molecule has 1 aliphatic rings. The van der Waals surface area contributed by atoms with E-state index in [0.29, 0.717) is 5.92 Å². The molecule has 0 bridgehead atoms. The van der Waals surface area contributed by atoms with Crippen LogP contribution in [0.3, 0.4) is 0 Å². The van der Waals surface area contributed by atoms with Crippen molar-refractivity contribution in [2.75, 3.05) is 5.75 Å². The second-order valence-electron chi connectivity index (χ2n) is 4.04. The summed E-state index contributed by atoms with van der Waals surface area (Å²) in [6.07, 6.45) is 8.22. The van der Waals surface area contributed by atoms with Crippen LogP contribution in [-0.4, -0.2) is 14.2 Å². The molecule has 78 valence electrons. The molecule has 2 N–H and O–H groups in total. The molecule has 0 aliphatic heterocycles. The zero-order valence-electron chi connectivity index (χ0n) is 8.04. The lowest BCUT2D eigenvalue weighted by atomic mass is 9.93. The standard InChI is InChI=1S/C9H19NO2S/c10-13(11,12)8-9-6-4-2-1-3-5-7-9/h9H,1-8H2,(H2,10,11,12). The molecule has 1 fully saturated rings. The molecule has 0 aromatic rings. The Morgan fingerprint density at radius 1 is 1.00 bits per heavy atom. The lowest BCUT2D eigenvalue weighted by Crippen LogP contribution is -2.23. The van der Waals surface area contributed by atoms with E-state index in [2.05, 4.69) is 0 Å². The van der Waals surface area contributed by atoms with Crippen molar-refractivity contribution in [3.05, 3.63) is 0 Å². The second kappa shape index (κ2) is 4.96. The molecule has 1 rings (SSSR count). The van der Waals surface area contributed by atoms with Gasteiger partial charge in [0.05, 0.1) is 5.75 Å². The predicted octanol–water partition coefficient (Wildman–Crippen LogP) is 1.64. The molecule has 1 aliphatic carbocycles. The van der Waals surface area contributed by atoms with E-state index in [4.69, 9.17) is 5.14 Å². The van der Waals surface area contributed by atoms with Crippen LogP contribution >= 0.6 is 0 Å². The number of hydrogen-bond acceptors (Lipinski definition) is 2. The summed E-state index contributed by atoms with van der Waals surface area (Å²) in [6, 6.07) is 0. The molecular formula is C9H19NO2S. The summed E-state index contributed by atoms with van der Waals surface area (Å²) in [6.45, 7) is 0. The van der Waals surface area contributed by atoms with Crippen molar-refractivity contribution in [2.24, 2.45) is 11.1 Å². The largest absolute Gasteiger partial charge is 0.229 e. The summed E-state index contributed by atoms with van der Waals surface area (Å²) in [4.78, 5) is 0. The van der Waals surface area contributed by atoms with Gasteiger partial charge in [-0.05, 0) is 18.8 Å². The van der Waals surface area contributed by atoms with Crippen molar-refractivity contribution in [2.45, 2.75) is 44.9 Å². The molecule has 4 heteroatoms. The topological polar surface area (TPSA) is 60.2 Å². The van der Waals surface area contributed by atoms with E-state index in [1.165, 1.54) is 32.1 Å². The van der Waals surface area contributed by atoms with Gasteiger partial charge in [-0.2, -0.15) is 0 Å². The van der Waals surface area contributed by atoms with E-state index in [9.17, 15) is 8.42 Å². The van der Waals surface area contributed by atoms with Crippen LogP contribution in [0.2, 0.25) is 0 Å². The highest BCUT2D eigenvalue weighted by molar-refractivity contribution is 7.89. The zero-order valence-corrected chi connectivity index (χ0v) is 8.85. The Bertz CT molecular complexity index is 228. The lowest BCUT2D eigenvalue weighted by molar-refractivity contribution is 0.403. The molecule has 0 amide bonds. The molecule has 3 nitrogen and oxygen atoms in total. The van der Waals surface area contributed by atoms with Gasteiger partial charge in [0.15, 0.2) is 0 Å². The number of primary sulfonamides is 1. The van der Waals surface area contributed by atoms with Gasteiger partial charge in [0.25, 0.3) is 0 Å². The van der Waals surface area contributed by atoms with E-state index in [-0.39, 0.29) is 5.75 Å². The summed E-state index contributed by atoms with van der Waals surface area (Å²) in [7, 11) is -3.25. The predicted molar refractivity (Wildman–Crippen MR) is 53.8 cm³/mol. The number of rotatable bonds is 2. The first-order valence-electron chi connectivity index (χ1n) is 5.08. The summed E-state index contributed by atoms with van der Waals surface area (Å²) in [5.74, 6) is 0.503. The highest BCUT2D eigenvalue weighted by Crippen LogP contribution is 2.22. The van der Waals surface area contributed by atoms with E-state index in [1.807, 2.05) is 0 Å². The molecule has 0 heterocycles. The third-order valence-corrected chi connectivity index (χ3v) is 3.63. The molecule has 0 atom stereocenters. The van der Waals surface area contributed by atoms with Gasteiger partial charge in [0.2, 0.25) is 10.0 Å². The van der Waals surface area contributed by atoms with E-state index < -0.39 is 10.0 Å². The highest BCUT2D eigenvalue weighted by Gasteiger charge is 2.16. The van der Waals surface area contributed by atoms with E-state index in [0.717, 1.165) is 12.8 Å². The molecule has 0 radical (unpaired) electrons. The minimum absolute atomic E-state index is 0.188. The summed E-state index contributed by atoms with van der Waals surface area (Å²) < 4.78 is 21.8. The lowest BCUT2D eigenvalue weighted by Gasteiger charge is -2.18. The first kappa shape index (κ1) is 11.0. The van der Waals surface area contributed by atoms with Crippen LogP contribution in [0, 0.1) is 5.92 Å². The van der Waals surface area contributed by atoms with Crippen LogP contribution < -0.4 is 5.14 Å². The highest BCUT2D eigenvalue weighted by atomic mass is 32.2. The molecule has 13 heavy (non-hydrogen) atoms. The Kier molecular flexibility index (Phi) is 4.19. The number of hydrogen-bond donors (Lipinski definition) is 1. The minimum Gasteiger partial charge on any atom is -0.229 e. The summed E-state index contributed by atoms with van der Waals surface area (Å²) in [5.41, 5.74) is 0. The average molecular weight is 205 g/mol. The first-order valence-corrected chi connectivity index (χ1v) is 6.80. The maximum Gasteiger partial charge on any atom is 0.209 e. The van der Waals surface area contributed by atoms with Crippen LogP contribution in [0.4, 0.5) is 0 Å². The van der Waals surface area contributed by atoms with Crippen LogP contribution in [0.1, 0.15) is 44.9 Å². The fourth-order valence-electron chi connectivity index (χ4n) is 2.04. The quantitative estimate of drug-likeness (QED) is 0.745. The van der Waals surface area contributed by atoms with Crippen molar-refractivity contribution in [1.29, 1.82) is 0 Å². The van der Waals surface area contributed by atoms with Gasteiger partial charge in [-0.15, -0.1) is 0 Å². The van der Waals surface area contributed by atoms with Crippen LogP contribution in [0.25, 0.3) is 0 Å². The van der Waals surface area contributed by atoms with Crippen molar-refractivity contribution in [3.63, 3.8) is 0 Å². The molecule has 0 unspecified atom stereocenters. The molecule has 1 saturated carbocycles. The number of sulfonamides is 1. The van der Waals surface area contributed by atoms with Gasteiger partial charge in [0, 0.05) is 0 Å². The molecule has 0 aromatic heterocycles. The number of nitrogens with two attached hydrogens (primary N) is 1. The Hall–Kier alpha value is -0.0900. The third-order valence-electron chi connectivity index (χ3n) is 2.69. The van der Waals surface area contributed by atoms with Gasteiger partial charge in [-0.25, -0.2) is 13.6 Å². The molecule has 0 saturated heterocycles. The Morgan fingerprint density at radius 2 is 1.46 bits per heavy atom. The monoisotopic (exact) mass is 205 g/mol. The van der Waals surface area contributed by atoms with Gasteiger partial charge in [-0.1, -0.05) is 32.1 Å². The van der Waals surface area contributed by atoms with E-state index >= 15 is 0 Å². The van der Waals surface area contributed by atoms with Gasteiger partial charge in [0.1, 0.15) is 0 Å². The van der Waals surface area contributed by atoms with Crippen LogP contribution in [0.5, 0.6) is 0 Å². The van der Waals surface area contributed by atoms with Crippen molar-refractivity contribution in [3.8, 4) is 0 Å².